The molecule has 6 heteroatoms. The van der Waals surface area contributed by atoms with Gasteiger partial charge in [0.2, 0.25) is 0 Å². The van der Waals surface area contributed by atoms with Crippen molar-refractivity contribution in [3.8, 4) is 5.82 Å². The Balaban J connectivity index is 2.48. The second kappa shape index (κ2) is 2.98. The molecule has 2 aromatic heterocycles. The van der Waals surface area contributed by atoms with Crippen molar-refractivity contribution in [1.82, 2.24) is 24.7 Å². The molecule has 2 rings (SSSR count). The molecule has 0 atom stereocenters. The molecule has 0 spiro atoms. The van der Waals surface area contributed by atoms with Crippen LogP contribution in [-0.2, 0) is 0 Å². The third-order valence-corrected chi connectivity index (χ3v) is 1.71. The molecule has 0 fully saturated rings. The van der Waals surface area contributed by atoms with E-state index in [0.29, 0.717) is 5.82 Å². The van der Waals surface area contributed by atoms with E-state index < -0.39 is 0 Å². The number of aromatic nitrogens is 5. The largest absolute Gasteiger partial charge is 0.229 e. The van der Waals surface area contributed by atoms with Gasteiger partial charge in [-0.3, -0.25) is 0 Å². The topological polar surface area (TPSA) is 56.5 Å². The lowest BCUT2D eigenvalue weighted by Crippen LogP contribution is -1.97. The van der Waals surface area contributed by atoms with Crippen LogP contribution in [0.25, 0.3) is 5.82 Å². The van der Waals surface area contributed by atoms with Crippen LogP contribution in [0.1, 0.15) is 0 Å². The monoisotopic (exact) mass is 225 g/mol. The maximum absolute atomic E-state index is 4.00. The van der Waals surface area contributed by atoms with Gasteiger partial charge in [-0.25, -0.2) is 19.6 Å². The third kappa shape index (κ3) is 1.33. The smallest absolute Gasteiger partial charge is 0.159 e. The Morgan fingerprint density at radius 1 is 1.25 bits per heavy atom. The predicted octanol–water partition coefficient (Wildman–Crippen LogP) is 0.820. The SMILES string of the molecule is Brc1cc(-n2cncn2)ncn1. The van der Waals surface area contributed by atoms with E-state index in [4.69, 9.17) is 0 Å². The van der Waals surface area contributed by atoms with Crippen LogP contribution in [0.5, 0.6) is 0 Å². The summed E-state index contributed by atoms with van der Waals surface area (Å²) in [4.78, 5) is 11.7. The fraction of sp³-hybridized carbons (Fsp3) is 0. The predicted molar refractivity (Wildman–Crippen MR) is 44.6 cm³/mol. The zero-order chi connectivity index (χ0) is 8.39. The van der Waals surface area contributed by atoms with Crippen molar-refractivity contribution in [3.63, 3.8) is 0 Å². The molecule has 2 aromatic rings. The Bertz CT molecular complexity index is 371. The van der Waals surface area contributed by atoms with E-state index in [9.17, 15) is 0 Å². The molecule has 0 saturated carbocycles. The highest BCUT2D eigenvalue weighted by atomic mass is 79.9. The van der Waals surface area contributed by atoms with Gasteiger partial charge in [0.05, 0.1) is 0 Å². The number of hydrogen-bond acceptors (Lipinski definition) is 4. The molecular weight excluding hydrogens is 222 g/mol. The van der Waals surface area contributed by atoms with Gasteiger partial charge in [-0.1, -0.05) is 0 Å². The molecular formula is C6H4BrN5. The minimum atomic E-state index is 0.689. The first kappa shape index (κ1) is 7.35. The molecule has 5 nitrogen and oxygen atoms in total. The van der Waals surface area contributed by atoms with Crippen molar-refractivity contribution in [2.24, 2.45) is 0 Å². The summed E-state index contributed by atoms with van der Waals surface area (Å²) in [5, 5.41) is 3.92. The van der Waals surface area contributed by atoms with Gasteiger partial charge in [-0.2, -0.15) is 5.10 Å². The van der Waals surface area contributed by atoms with E-state index in [-0.39, 0.29) is 0 Å². The van der Waals surface area contributed by atoms with Gasteiger partial charge in [0.1, 0.15) is 23.6 Å². The minimum absolute atomic E-state index is 0.689. The Morgan fingerprint density at radius 2 is 2.17 bits per heavy atom. The average Bonchev–Trinajstić information content (AvgIpc) is 2.56. The molecule has 0 unspecified atom stereocenters. The fourth-order valence-electron chi connectivity index (χ4n) is 0.776. The van der Waals surface area contributed by atoms with Gasteiger partial charge in [-0.05, 0) is 15.9 Å². The Hall–Kier alpha value is -1.30. The summed E-state index contributed by atoms with van der Waals surface area (Å²) in [5.41, 5.74) is 0. The summed E-state index contributed by atoms with van der Waals surface area (Å²) in [6.07, 6.45) is 4.49. The fourth-order valence-corrected chi connectivity index (χ4v) is 1.07. The molecule has 0 aliphatic heterocycles. The molecule has 0 radical (unpaired) electrons. The molecule has 0 saturated heterocycles. The van der Waals surface area contributed by atoms with E-state index in [0.717, 1.165) is 4.60 Å². The molecule has 0 aliphatic rings. The van der Waals surface area contributed by atoms with Crippen molar-refractivity contribution in [3.05, 3.63) is 29.7 Å². The van der Waals surface area contributed by atoms with Gasteiger partial charge in [0.15, 0.2) is 5.82 Å². The number of hydrogen-bond donors (Lipinski definition) is 0. The first-order chi connectivity index (χ1) is 5.86. The molecule has 0 bridgehead atoms. The molecule has 60 valence electrons. The van der Waals surface area contributed by atoms with Crippen LogP contribution >= 0.6 is 15.9 Å². The lowest BCUT2D eigenvalue weighted by Gasteiger charge is -1.96. The molecule has 0 aliphatic carbocycles. The number of rotatable bonds is 1. The van der Waals surface area contributed by atoms with Crippen LogP contribution in [0.2, 0.25) is 0 Å². The maximum atomic E-state index is 4.00. The first-order valence-corrected chi connectivity index (χ1v) is 3.98. The quantitative estimate of drug-likeness (QED) is 0.675. The minimum Gasteiger partial charge on any atom is -0.229 e. The third-order valence-electron chi connectivity index (χ3n) is 1.27. The van der Waals surface area contributed by atoms with Crippen LogP contribution in [-0.4, -0.2) is 24.7 Å². The van der Waals surface area contributed by atoms with Crippen LogP contribution < -0.4 is 0 Å². The lowest BCUT2D eigenvalue weighted by molar-refractivity contribution is 0.835. The zero-order valence-electron chi connectivity index (χ0n) is 5.92. The zero-order valence-corrected chi connectivity index (χ0v) is 7.51. The van der Waals surface area contributed by atoms with Crippen molar-refractivity contribution in [1.29, 1.82) is 0 Å². The van der Waals surface area contributed by atoms with Crippen molar-refractivity contribution >= 4 is 15.9 Å². The van der Waals surface area contributed by atoms with Crippen LogP contribution in [0.3, 0.4) is 0 Å². The Labute approximate surface area is 76.6 Å². The number of halogens is 1. The van der Waals surface area contributed by atoms with E-state index in [2.05, 4.69) is 36.0 Å². The summed E-state index contributed by atoms with van der Waals surface area (Å²) in [7, 11) is 0. The summed E-state index contributed by atoms with van der Waals surface area (Å²) >= 11 is 3.24. The van der Waals surface area contributed by atoms with Gasteiger partial charge in [-0.15, -0.1) is 0 Å². The molecule has 0 aromatic carbocycles. The molecule has 0 amide bonds. The Morgan fingerprint density at radius 3 is 2.83 bits per heavy atom. The van der Waals surface area contributed by atoms with Crippen molar-refractivity contribution in [2.45, 2.75) is 0 Å². The molecule has 2 heterocycles. The molecule has 12 heavy (non-hydrogen) atoms. The van der Waals surface area contributed by atoms with Crippen LogP contribution in [0.15, 0.2) is 29.7 Å². The van der Waals surface area contributed by atoms with Gasteiger partial charge >= 0.3 is 0 Å². The highest BCUT2D eigenvalue weighted by molar-refractivity contribution is 9.10. The first-order valence-electron chi connectivity index (χ1n) is 3.19. The highest BCUT2D eigenvalue weighted by Crippen LogP contribution is 2.07. The average molecular weight is 226 g/mol. The van der Waals surface area contributed by atoms with Crippen LogP contribution in [0.4, 0.5) is 0 Å². The summed E-state index contributed by atoms with van der Waals surface area (Å²) < 4.78 is 2.29. The standard InChI is InChI=1S/C6H4BrN5/c7-5-1-6(10-3-9-5)12-4-8-2-11-12/h1-4H. The second-order valence-corrected chi connectivity index (χ2v) is 2.85. The van der Waals surface area contributed by atoms with Gasteiger partial charge < -0.3 is 0 Å². The number of nitrogens with zero attached hydrogens (tertiary/aromatic N) is 5. The Kier molecular flexibility index (Phi) is 1.83. The summed E-state index contributed by atoms with van der Waals surface area (Å²) in [5.74, 6) is 0.689. The highest BCUT2D eigenvalue weighted by Gasteiger charge is 1.97. The maximum Gasteiger partial charge on any atom is 0.159 e. The lowest BCUT2D eigenvalue weighted by atomic mass is 10.6. The van der Waals surface area contributed by atoms with Gasteiger partial charge in [0.25, 0.3) is 0 Å². The van der Waals surface area contributed by atoms with Crippen LogP contribution in [0, 0.1) is 0 Å². The second-order valence-electron chi connectivity index (χ2n) is 2.04. The van der Waals surface area contributed by atoms with Crippen molar-refractivity contribution in [2.75, 3.05) is 0 Å². The van der Waals surface area contributed by atoms with Crippen molar-refractivity contribution < 1.29 is 0 Å². The summed E-state index contributed by atoms with van der Waals surface area (Å²) in [6.45, 7) is 0. The molecule has 0 N–H and O–H groups in total. The van der Waals surface area contributed by atoms with Gasteiger partial charge in [0, 0.05) is 6.07 Å². The van der Waals surface area contributed by atoms with E-state index in [1.165, 1.54) is 12.7 Å². The van der Waals surface area contributed by atoms with E-state index in [1.54, 1.807) is 17.1 Å². The summed E-state index contributed by atoms with van der Waals surface area (Å²) in [6, 6.07) is 1.76. The normalized spacial score (nSPS) is 10.1. The van der Waals surface area contributed by atoms with E-state index >= 15 is 0 Å². The van der Waals surface area contributed by atoms with E-state index in [1.807, 2.05) is 0 Å².